The molecule has 0 bridgehead atoms. The van der Waals surface area contributed by atoms with E-state index in [-0.39, 0.29) is 6.04 Å². The Bertz CT molecular complexity index is 478. The van der Waals surface area contributed by atoms with Crippen molar-refractivity contribution in [2.75, 3.05) is 7.11 Å². The van der Waals surface area contributed by atoms with E-state index >= 15 is 0 Å². The van der Waals surface area contributed by atoms with Gasteiger partial charge in [-0.2, -0.15) is 0 Å². The van der Waals surface area contributed by atoms with Crippen LogP contribution >= 0.6 is 11.3 Å². The molecule has 17 heavy (non-hydrogen) atoms. The number of rotatable bonds is 4. The first-order valence-electron chi connectivity index (χ1n) is 5.60. The van der Waals surface area contributed by atoms with Gasteiger partial charge in [0.2, 0.25) is 0 Å². The van der Waals surface area contributed by atoms with Gasteiger partial charge in [0.25, 0.3) is 0 Å². The van der Waals surface area contributed by atoms with Crippen molar-refractivity contribution in [1.29, 1.82) is 0 Å². The standard InChI is InChI=1S/C13H16N2OS/c1-3-11(14)13-15-12(8-17-13)9-4-6-10(16-2)7-5-9/h4-8,11H,3,14H2,1-2H3. The normalized spacial score (nSPS) is 12.4. The summed E-state index contributed by atoms with van der Waals surface area (Å²) in [5, 5.41) is 3.05. The van der Waals surface area contributed by atoms with E-state index in [4.69, 9.17) is 10.5 Å². The molecule has 3 nitrogen and oxygen atoms in total. The van der Waals surface area contributed by atoms with Crippen molar-refractivity contribution in [2.24, 2.45) is 5.73 Å². The minimum atomic E-state index is 0.0481. The maximum Gasteiger partial charge on any atom is 0.118 e. The minimum Gasteiger partial charge on any atom is -0.497 e. The van der Waals surface area contributed by atoms with Gasteiger partial charge in [0, 0.05) is 10.9 Å². The average molecular weight is 248 g/mol. The predicted octanol–water partition coefficient (Wildman–Crippen LogP) is 3.23. The van der Waals surface area contributed by atoms with Crippen LogP contribution in [0.2, 0.25) is 0 Å². The molecule has 1 aromatic carbocycles. The number of benzene rings is 1. The zero-order chi connectivity index (χ0) is 12.3. The van der Waals surface area contributed by atoms with E-state index in [0.717, 1.165) is 28.4 Å². The highest BCUT2D eigenvalue weighted by Gasteiger charge is 2.09. The summed E-state index contributed by atoms with van der Waals surface area (Å²) in [7, 11) is 1.66. The topological polar surface area (TPSA) is 48.1 Å². The number of nitrogens with zero attached hydrogens (tertiary/aromatic N) is 1. The zero-order valence-electron chi connectivity index (χ0n) is 10.0. The zero-order valence-corrected chi connectivity index (χ0v) is 10.8. The number of hydrogen-bond donors (Lipinski definition) is 1. The third-order valence-corrected chi connectivity index (χ3v) is 3.64. The molecule has 0 aliphatic heterocycles. The van der Waals surface area contributed by atoms with Gasteiger partial charge >= 0.3 is 0 Å². The first kappa shape index (κ1) is 12.1. The SMILES string of the molecule is CCC(N)c1nc(-c2ccc(OC)cc2)cs1. The Balaban J connectivity index is 2.24. The fraction of sp³-hybridized carbons (Fsp3) is 0.308. The Morgan fingerprint density at radius 3 is 2.65 bits per heavy atom. The molecule has 2 aromatic rings. The Morgan fingerprint density at radius 2 is 2.06 bits per heavy atom. The summed E-state index contributed by atoms with van der Waals surface area (Å²) in [6.45, 7) is 2.07. The van der Waals surface area contributed by atoms with Crippen LogP contribution in [0.1, 0.15) is 24.4 Å². The van der Waals surface area contributed by atoms with Crippen LogP contribution in [0, 0.1) is 0 Å². The van der Waals surface area contributed by atoms with Gasteiger partial charge in [0.1, 0.15) is 10.8 Å². The van der Waals surface area contributed by atoms with Crippen LogP contribution in [0.4, 0.5) is 0 Å². The molecule has 0 aliphatic rings. The monoisotopic (exact) mass is 248 g/mol. The highest BCUT2D eigenvalue weighted by Crippen LogP contribution is 2.26. The lowest BCUT2D eigenvalue weighted by molar-refractivity contribution is 0.415. The highest BCUT2D eigenvalue weighted by atomic mass is 32.1. The third-order valence-electron chi connectivity index (χ3n) is 2.66. The molecule has 2 N–H and O–H groups in total. The lowest BCUT2D eigenvalue weighted by atomic mass is 10.1. The van der Waals surface area contributed by atoms with E-state index in [1.165, 1.54) is 0 Å². The maximum absolute atomic E-state index is 5.96. The highest BCUT2D eigenvalue weighted by molar-refractivity contribution is 7.10. The Hall–Kier alpha value is -1.39. The van der Waals surface area contributed by atoms with Crippen molar-refractivity contribution in [3.63, 3.8) is 0 Å². The van der Waals surface area contributed by atoms with Crippen LogP contribution in [0.3, 0.4) is 0 Å². The predicted molar refractivity (Wildman–Crippen MR) is 71.3 cm³/mol. The molecule has 2 rings (SSSR count). The van der Waals surface area contributed by atoms with E-state index in [9.17, 15) is 0 Å². The van der Waals surface area contributed by atoms with Gasteiger partial charge in [-0.05, 0) is 30.7 Å². The molecule has 0 saturated carbocycles. The van der Waals surface area contributed by atoms with Crippen molar-refractivity contribution >= 4 is 11.3 Å². The second kappa shape index (κ2) is 5.29. The molecule has 0 amide bonds. The number of hydrogen-bond acceptors (Lipinski definition) is 4. The number of methoxy groups -OCH3 is 1. The van der Waals surface area contributed by atoms with Gasteiger partial charge in [-0.25, -0.2) is 4.98 Å². The molecule has 1 unspecified atom stereocenters. The molecule has 0 radical (unpaired) electrons. The number of nitrogens with two attached hydrogens (primary N) is 1. The third kappa shape index (κ3) is 2.65. The van der Waals surface area contributed by atoms with Crippen LogP contribution in [-0.2, 0) is 0 Å². The largest absolute Gasteiger partial charge is 0.497 e. The van der Waals surface area contributed by atoms with Crippen LogP contribution in [0.25, 0.3) is 11.3 Å². The summed E-state index contributed by atoms with van der Waals surface area (Å²) in [4.78, 5) is 4.56. The first-order chi connectivity index (χ1) is 8.24. The lowest BCUT2D eigenvalue weighted by Crippen LogP contribution is -2.07. The van der Waals surface area contributed by atoms with E-state index < -0.39 is 0 Å². The summed E-state index contributed by atoms with van der Waals surface area (Å²) in [6, 6.07) is 7.94. The lowest BCUT2D eigenvalue weighted by Gasteiger charge is -2.03. The molecule has 1 aromatic heterocycles. The van der Waals surface area contributed by atoms with Crippen molar-refractivity contribution in [2.45, 2.75) is 19.4 Å². The molecular weight excluding hydrogens is 232 g/mol. The molecule has 1 atom stereocenters. The molecule has 0 fully saturated rings. The maximum atomic E-state index is 5.96. The van der Waals surface area contributed by atoms with Crippen molar-refractivity contribution in [3.8, 4) is 17.0 Å². The summed E-state index contributed by atoms with van der Waals surface area (Å²) >= 11 is 1.62. The average Bonchev–Trinajstić information content (AvgIpc) is 2.87. The van der Waals surface area contributed by atoms with Gasteiger partial charge < -0.3 is 10.5 Å². The fourth-order valence-electron chi connectivity index (χ4n) is 1.53. The number of thiazole rings is 1. The number of aromatic nitrogens is 1. The minimum absolute atomic E-state index is 0.0481. The smallest absolute Gasteiger partial charge is 0.118 e. The van der Waals surface area contributed by atoms with E-state index in [0.29, 0.717) is 0 Å². The van der Waals surface area contributed by atoms with Crippen molar-refractivity contribution in [3.05, 3.63) is 34.7 Å². The summed E-state index contributed by atoms with van der Waals surface area (Å²) in [5.74, 6) is 0.856. The Morgan fingerprint density at radius 1 is 1.35 bits per heavy atom. The second-order valence-electron chi connectivity index (χ2n) is 3.81. The van der Waals surface area contributed by atoms with Gasteiger partial charge in [-0.3, -0.25) is 0 Å². The fourth-order valence-corrected chi connectivity index (χ4v) is 2.44. The van der Waals surface area contributed by atoms with Crippen molar-refractivity contribution < 1.29 is 4.74 Å². The summed E-state index contributed by atoms with van der Waals surface area (Å²) in [6.07, 6.45) is 0.912. The Labute approximate surface area is 105 Å². The van der Waals surface area contributed by atoms with Gasteiger partial charge in [0.05, 0.1) is 18.8 Å². The van der Waals surface area contributed by atoms with Crippen LogP contribution in [-0.4, -0.2) is 12.1 Å². The number of ether oxygens (including phenoxy) is 1. The molecule has 0 aliphatic carbocycles. The quantitative estimate of drug-likeness (QED) is 0.903. The van der Waals surface area contributed by atoms with E-state index in [1.807, 2.05) is 29.6 Å². The van der Waals surface area contributed by atoms with Crippen LogP contribution in [0.5, 0.6) is 5.75 Å². The molecule has 0 spiro atoms. The van der Waals surface area contributed by atoms with E-state index in [1.54, 1.807) is 18.4 Å². The van der Waals surface area contributed by atoms with Gasteiger partial charge in [-0.15, -0.1) is 11.3 Å². The summed E-state index contributed by atoms with van der Waals surface area (Å²) in [5.41, 5.74) is 8.04. The van der Waals surface area contributed by atoms with Crippen LogP contribution in [0.15, 0.2) is 29.6 Å². The second-order valence-corrected chi connectivity index (χ2v) is 4.70. The Kier molecular flexibility index (Phi) is 3.76. The molecular formula is C13H16N2OS. The molecule has 4 heteroatoms. The van der Waals surface area contributed by atoms with E-state index in [2.05, 4.69) is 11.9 Å². The van der Waals surface area contributed by atoms with Crippen LogP contribution < -0.4 is 10.5 Å². The molecule has 1 heterocycles. The summed E-state index contributed by atoms with van der Waals surface area (Å²) < 4.78 is 5.13. The molecule has 90 valence electrons. The molecule has 0 saturated heterocycles. The first-order valence-corrected chi connectivity index (χ1v) is 6.48. The van der Waals surface area contributed by atoms with Gasteiger partial charge in [-0.1, -0.05) is 6.92 Å². The van der Waals surface area contributed by atoms with Gasteiger partial charge in [0.15, 0.2) is 0 Å². The van der Waals surface area contributed by atoms with Crippen molar-refractivity contribution in [1.82, 2.24) is 4.98 Å².